The van der Waals surface area contributed by atoms with Crippen LogP contribution in [0.2, 0.25) is 0 Å². The fourth-order valence-electron chi connectivity index (χ4n) is 6.60. The highest BCUT2D eigenvalue weighted by molar-refractivity contribution is 6.09. The van der Waals surface area contributed by atoms with Crippen LogP contribution in [-0.4, -0.2) is 23.9 Å². The predicted molar refractivity (Wildman–Crippen MR) is 194 cm³/mol. The summed E-state index contributed by atoms with van der Waals surface area (Å²) in [5.41, 5.74) is 4.69. The predicted octanol–water partition coefficient (Wildman–Crippen LogP) is 10.1. The van der Waals surface area contributed by atoms with Crippen molar-refractivity contribution in [2.45, 2.75) is 59.2 Å². The molecule has 0 saturated carbocycles. The topological polar surface area (TPSA) is 81.0 Å². The van der Waals surface area contributed by atoms with E-state index in [2.05, 4.69) is 49.6 Å². The second-order valence-corrected chi connectivity index (χ2v) is 14.4. The standard InChI is InChI=1S/C41H36N6O/c1-24-30(23-42)37-29(38-44-31-13-9-11-15-33(31)47(38)39(45-37)41(5,6)7)22-35(24)48-26-16-17-28-27-12-8-10-14-32(27)46(34(28)21-26)36-20-25(18-19-43-36)40(2,3)4/h8-22H,1-7H3/i1D3. The number of pyridine rings is 1. The lowest BCUT2D eigenvalue weighted by Gasteiger charge is -2.22. The third kappa shape index (κ3) is 4.51. The molecule has 8 aromatic rings. The molecule has 7 heteroatoms. The Labute approximate surface area is 283 Å². The van der Waals surface area contributed by atoms with Crippen molar-refractivity contribution in [3.05, 3.63) is 114 Å². The fraction of sp³-hybridized carbons (Fsp3) is 0.220. The van der Waals surface area contributed by atoms with E-state index >= 15 is 0 Å². The average Bonchev–Trinajstić information content (AvgIpc) is 3.62. The van der Waals surface area contributed by atoms with E-state index in [1.807, 2.05) is 92.0 Å². The summed E-state index contributed by atoms with van der Waals surface area (Å²) in [6.07, 6.45) is 1.83. The Bertz CT molecular complexity index is 2750. The first kappa shape index (κ1) is 26.3. The Hall–Kier alpha value is -5.74. The van der Waals surface area contributed by atoms with E-state index in [0.717, 1.165) is 44.2 Å². The summed E-state index contributed by atoms with van der Waals surface area (Å²) in [4.78, 5) is 14.8. The summed E-state index contributed by atoms with van der Waals surface area (Å²) in [5, 5.41) is 13.2. The van der Waals surface area contributed by atoms with Crippen molar-refractivity contribution < 1.29 is 8.85 Å². The van der Waals surface area contributed by atoms with Gasteiger partial charge in [-0.15, -0.1) is 0 Å². The molecular formula is C41H36N6O. The number of nitrogens with zero attached hydrogens (tertiary/aromatic N) is 6. The zero-order chi connectivity index (χ0) is 36.0. The smallest absolute Gasteiger partial charge is 0.149 e. The molecule has 4 aromatic heterocycles. The molecule has 8 rings (SSSR count). The highest BCUT2D eigenvalue weighted by atomic mass is 16.5. The normalized spacial score (nSPS) is 13.6. The molecule has 4 aromatic carbocycles. The number of benzene rings is 4. The lowest BCUT2D eigenvalue weighted by atomic mass is 9.88. The van der Waals surface area contributed by atoms with Gasteiger partial charge in [-0.25, -0.2) is 15.0 Å². The number of para-hydroxylation sites is 3. The first-order valence-electron chi connectivity index (χ1n) is 17.5. The van der Waals surface area contributed by atoms with Gasteiger partial charge in [0.1, 0.15) is 34.9 Å². The Morgan fingerprint density at radius 2 is 1.52 bits per heavy atom. The number of ether oxygens (including phenoxy) is 1. The molecule has 0 amide bonds. The van der Waals surface area contributed by atoms with E-state index in [1.54, 1.807) is 6.07 Å². The molecular weight excluding hydrogens is 592 g/mol. The lowest BCUT2D eigenvalue weighted by Crippen LogP contribution is -2.19. The van der Waals surface area contributed by atoms with E-state index in [-0.39, 0.29) is 27.8 Å². The molecule has 0 aliphatic carbocycles. The van der Waals surface area contributed by atoms with Crippen molar-refractivity contribution >= 4 is 49.4 Å². The molecule has 0 bridgehead atoms. The lowest BCUT2D eigenvalue weighted by molar-refractivity contribution is 0.480. The first-order valence-corrected chi connectivity index (χ1v) is 16.0. The van der Waals surface area contributed by atoms with Crippen LogP contribution in [0.25, 0.3) is 55.2 Å². The van der Waals surface area contributed by atoms with Crippen molar-refractivity contribution in [3.8, 4) is 23.4 Å². The second-order valence-electron chi connectivity index (χ2n) is 14.4. The zero-order valence-corrected chi connectivity index (χ0v) is 27.8. The van der Waals surface area contributed by atoms with Crippen molar-refractivity contribution in [2.75, 3.05) is 0 Å². The largest absolute Gasteiger partial charge is 0.457 e. The number of aromatic nitrogens is 5. The molecule has 48 heavy (non-hydrogen) atoms. The Kier molecular flexibility index (Phi) is 5.70. The van der Waals surface area contributed by atoms with Gasteiger partial charge in [-0.3, -0.25) is 8.97 Å². The van der Waals surface area contributed by atoms with Crippen LogP contribution >= 0.6 is 0 Å². The van der Waals surface area contributed by atoms with E-state index in [0.29, 0.717) is 22.6 Å². The molecule has 7 nitrogen and oxygen atoms in total. The van der Waals surface area contributed by atoms with Crippen LogP contribution in [0.3, 0.4) is 0 Å². The highest BCUT2D eigenvalue weighted by Crippen LogP contribution is 2.40. The maximum absolute atomic E-state index is 10.6. The minimum atomic E-state index is -2.68. The van der Waals surface area contributed by atoms with E-state index in [4.69, 9.17) is 23.8 Å². The molecule has 4 heterocycles. The number of fused-ring (bicyclic) bond motifs is 8. The summed E-state index contributed by atoms with van der Waals surface area (Å²) in [6, 6.07) is 29.7. The molecule has 0 aliphatic heterocycles. The fourth-order valence-corrected chi connectivity index (χ4v) is 6.60. The van der Waals surface area contributed by atoms with Crippen molar-refractivity contribution in [2.24, 2.45) is 0 Å². The van der Waals surface area contributed by atoms with Crippen molar-refractivity contribution in [1.29, 1.82) is 5.26 Å². The molecule has 236 valence electrons. The van der Waals surface area contributed by atoms with E-state index < -0.39 is 12.3 Å². The zero-order valence-electron chi connectivity index (χ0n) is 30.8. The molecule has 0 saturated heterocycles. The Morgan fingerprint density at radius 3 is 2.27 bits per heavy atom. The van der Waals surface area contributed by atoms with Gasteiger partial charge in [0.05, 0.1) is 33.1 Å². The summed E-state index contributed by atoms with van der Waals surface area (Å²) in [5.74, 6) is 1.90. The van der Waals surface area contributed by atoms with E-state index in [9.17, 15) is 5.26 Å². The quantitative estimate of drug-likeness (QED) is 0.194. The SMILES string of the molecule is [2H]C([2H])([2H])c1c(Oc2ccc3c4ccccc4n(-c4cc(C(C)(C)C)ccn4)c3c2)cc2c(nc(C(C)(C)C)n3c4ccccc4nc23)c1C#N. The molecule has 0 N–H and O–H groups in total. The van der Waals surface area contributed by atoms with Gasteiger partial charge in [0.2, 0.25) is 0 Å². The summed E-state index contributed by atoms with van der Waals surface area (Å²) >= 11 is 0. The van der Waals surface area contributed by atoms with Crippen molar-refractivity contribution in [3.63, 3.8) is 0 Å². The average molecular weight is 632 g/mol. The van der Waals surface area contributed by atoms with Crippen LogP contribution in [0, 0.1) is 18.2 Å². The Balaban J connectivity index is 1.40. The monoisotopic (exact) mass is 631 g/mol. The third-order valence-electron chi connectivity index (χ3n) is 8.99. The minimum Gasteiger partial charge on any atom is -0.457 e. The number of hydrogen-bond donors (Lipinski definition) is 0. The van der Waals surface area contributed by atoms with Crippen LogP contribution in [0.1, 0.15) is 68.2 Å². The van der Waals surface area contributed by atoms with Gasteiger partial charge in [-0.1, -0.05) is 71.9 Å². The van der Waals surface area contributed by atoms with Gasteiger partial charge < -0.3 is 4.74 Å². The van der Waals surface area contributed by atoms with Gasteiger partial charge in [0.15, 0.2) is 0 Å². The molecule has 0 spiro atoms. The van der Waals surface area contributed by atoms with Crippen LogP contribution in [0.4, 0.5) is 0 Å². The number of hydrogen-bond acceptors (Lipinski definition) is 5. The first-order chi connectivity index (χ1) is 24.1. The van der Waals surface area contributed by atoms with Gasteiger partial charge in [-0.2, -0.15) is 5.26 Å². The minimum absolute atomic E-state index is 0.0492. The summed E-state index contributed by atoms with van der Waals surface area (Å²) in [6.45, 7) is 9.94. The summed E-state index contributed by atoms with van der Waals surface area (Å²) < 4.78 is 36.4. The molecule has 0 radical (unpaired) electrons. The number of imidazole rings is 1. The number of rotatable bonds is 3. The maximum Gasteiger partial charge on any atom is 0.149 e. The van der Waals surface area contributed by atoms with Crippen LogP contribution in [0.15, 0.2) is 91.1 Å². The van der Waals surface area contributed by atoms with Gasteiger partial charge in [-0.05, 0) is 66.4 Å². The van der Waals surface area contributed by atoms with Gasteiger partial charge in [0, 0.05) is 43.5 Å². The van der Waals surface area contributed by atoms with Gasteiger partial charge >= 0.3 is 0 Å². The third-order valence-corrected chi connectivity index (χ3v) is 8.99. The second kappa shape index (κ2) is 10.4. The summed E-state index contributed by atoms with van der Waals surface area (Å²) in [7, 11) is 0. The number of nitriles is 1. The molecule has 0 unspecified atom stereocenters. The van der Waals surface area contributed by atoms with Crippen LogP contribution in [0.5, 0.6) is 11.5 Å². The van der Waals surface area contributed by atoms with Crippen molar-refractivity contribution in [1.82, 2.24) is 23.9 Å². The molecule has 0 atom stereocenters. The highest BCUT2D eigenvalue weighted by Gasteiger charge is 2.26. The maximum atomic E-state index is 10.6. The molecule has 0 fully saturated rings. The Morgan fingerprint density at radius 1 is 0.771 bits per heavy atom. The van der Waals surface area contributed by atoms with Crippen LogP contribution < -0.4 is 4.74 Å². The molecule has 0 aliphatic rings. The van der Waals surface area contributed by atoms with Crippen LogP contribution in [-0.2, 0) is 10.8 Å². The van der Waals surface area contributed by atoms with Gasteiger partial charge in [0.25, 0.3) is 0 Å². The van der Waals surface area contributed by atoms with E-state index in [1.165, 1.54) is 0 Å².